The Labute approximate surface area is 80.8 Å². The van der Waals surface area contributed by atoms with Crippen molar-refractivity contribution in [1.82, 2.24) is 10.3 Å². The molecule has 0 aliphatic rings. The molecule has 0 saturated heterocycles. The number of aromatic nitrogens is 1. The number of pyridine rings is 1. The molecule has 0 radical (unpaired) electrons. The Balaban J connectivity index is 2.89. The number of nitrogens with zero attached hydrogens (tertiary/aromatic N) is 1. The molecule has 74 valence electrons. The molecular formula is C9H10N2O3. The largest absolute Gasteiger partial charge is 0.479 e. The molecule has 1 amide bonds. The maximum atomic E-state index is 10.8. The van der Waals surface area contributed by atoms with Crippen molar-refractivity contribution in [2.75, 3.05) is 0 Å². The van der Waals surface area contributed by atoms with Gasteiger partial charge in [-0.25, -0.2) is 4.79 Å². The topological polar surface area (TPSA) is 79.3 Å². The van der Waals surface area contributed by atoms with Crippen LogP contribution < -0.4 is 5.32 Å². The Morgan fingerprint density at radius 2 is 2.29 bits per heavy atom. The fraction of sp³-hybridized carbons (Fsp3) is 0.222. The first-order valence-corrected chi connectivity index (χ1v) is 4.01. The van der Waals surface area contributed by atoms with Gasteiger partial charge in [-0.2, -0.15) is 0 Å². The van der Waals surface area contributed by atoms with Crippen LogP contribution in [0.3, 0.4) is 0 Å². The van der Waals surface area contributed by atoms with Gasteiger partial charge in [0.15, 0.2) is 6.04 Å². The number of carboxylic acid groups (broad SMARTS) is 1. The van der Waals surface area contributed by atoms with Crippen molar-refractivity contribution in [3.8, 4) is 0 Å². The summed E-state index contributed by atoms with van der Waals surface area (Å²) < 4.78 is 0. The summed E-state index contributed by atoms with van der Waals surface area (Å²) in [5.74, 6) is -1.49. The second-order valence-electron chi connectivity index (χ2n) is 2.76. The van der Waals surface area contributed by atoms with Gasteiger partial charge in [-0.3, -0.25) is 9.78 Å². The molecule has 5 heteroatoms. The van der Waals surface area contributed by atoms with Gasteiger partial charge in [0.05, 0.1) is 0 Å². The van der Waals surface area contributed by atoms with Crippen LogP contribution in [0.2, 0.25) is 0 Å². The summed E-state index contributed by atoms with van der Waals surface area (Å²) in [7, 11) is 0. The molecule has 14 heavy (non-hydrogen) atoms. The summed E-state index contributed by atoms with van der Waals surface area (Å²) in [5, 5.41) is 11.2. The van der Waals surface area contributed by atoms with Gasteiger partial charge in [-0.05, 0) is 6.07 Å². The molecule has 0 spiro atoms. The zero-order chi connectivity index (χ0) is 10.6. The predicted molar refractivity (Wildman–Crippen MR) is 48.4 cm³/mol. The summed E-state index contributed by atoms with van der Waals surface area (Å²) in [5.41, 5.74) is 0.454. The number of hydrogen-bond acceptors (Lipinski definition) is 3. The summed E-state index contributed by atoms with van der Waals surface area (Å²) in [6.45, 7) is 1.27. The summed E-state index contributed by atoms with van der Waals surface area (Å²) >= 11 is 0. The monoisotopic (exact) mass is 194 g/mol. The van der Waals surface area contributed by atoms with E-state index in [2.05, 4.69) is 10.3 Å². The highest BCUT2D eigenvalue weighted by molar-refractivity contribution is 5.83. The van der Waals surface area contributed by atoms with E-state index >= 15 is 0 Å². The number of rotatable bonds is 3. The molecule has 0 saturated carbocycles. The Morgan fingerprint density at radius 1 is 1.57 bits per heavy atom. The highest BCUT2D eigenvalue weighted by Crippen LogP contribution is 2.10. The van der Waals surface area contributed by atoms with Crippen LogP contribution in [-0.4, -0.2) is 22.0 Å². The number of aliphatic carboxylic acids is 1. The second-order valence-corrected chi connectivity index (χ2v) is 2.76. The highest BCUT2D eigenvalue weighted by atomic mass is 16.4. The normalized spacial score (nSPS) is 11.8. The second kappa shape index (κ2) is 4.36. The van der Waals surface area contributed by atoms with Crippen molar-refractivity contribution >= 4 is 11.9 Å². The molecule has 0 fully saturated rings. The molecule has 0 aliphatic heterocycles. The lowest BCUT2D eigenvalue weighted by Gasteiger charge is -2.12. The number of carbonyl (C=O) groups excluding carboxylic acids is 1. The molecule has 0 aliphatic carbocycles. The van der Waals surface area contributed by atoms with Gasteiger partial charge in [0.1, 0.15) is 0 Å². The van der Waals surface area contributed by atoms with Crippen LogP contribution >= 0.6 is 0 Å². The van der Waals surface area contributed by atoms with Gasteiger partial charge in [0, 0.05) is 24.9 Å². The summed E-state index contributed by atoms with van der Waals surface area (Å²) in [4.78, 5) is 25.3. The number of amides is 1. The van der Waals surface area contributed by atoms with Crippen LogP contribution in [0, 0.1) is 0 Å². The molecule has 1 heterocycles. The molecule has 1 unspecified atom stereocenters. The Hall–Kier alpha value is -1.91. The Morgan fingerprint density at radius 3 is 2.71 bits per heavy atom. The quantitative estimate of drug-likeness (QED) is 0.727. The van der Waals surface area contributed by atoms with Crippen molar-refractivity contribution < 1.29 is 14.7 Å². The molecule has 2 N–H and O–H groups in total. The van der Waals surface area contributed by atoms with Gasteiger partial charge >= 0.3 is 5.97 Å². The molecule has 0 aromatic carbocycles. The molecule has 1 atom stereocenters. The van der Waals surface area contributed by atoms with Crippen molar-refractivity contribution in [3.05, 3.63) is 30.1 Å². The summed E-state index contributed by atoms with van der Waals surface area (Å²) in [6.07, 6.45) is 2.95. The van der Waals surface area contributed by atoms with Crippen molar-refractivity contribution in [1.29, 1.82) is 0 Å². The predicted octanol–water partition coefficient (Wildman–Crippen LogP) is 0.343. The minimum atomic E-state index is -1.10. The lowest BCUT2D eigenvalue weighted by molar-refractivity contribution is -0.141. The van der Waals surface area contributed by atoms with Crippen LogP contribution in [0.4, 0.5) is 0 Å². The maximum absolute atomic E-state index is 10.8. The van der Waals surface area contributed by atoms with Crippen LogP contribution in [0.15, 0.2) is 24.5 Å². The lowest BCUT2D eigenvalue weighted by atomic mass is 10.1. The fourth-order valence-corrected chi connectivity index (χ4v) is 1.04. The average Bonchev–Trinajstić information content (AvgIpc) is 2.15. The average molecular weight is 194 g/mol. The van der Waals surface area contributed by atoms with E-state index in [9.17, 15) is 9.59 Å². The van der Waals surface area contributed by atoms with E-state index in [0.29, 0.717) is 5.56 Å². The van der Waals surface area contributed by atoms with Crippen LogP contribution in [0.25, 0.3) is 0 Å². The molecule has 1 rings (SSSR count). The molecule has 1 aromatic heterocycles. The Kier molecular flexibility index (Phi) is 3.17. The van der Waals surface area contributed by atoms with Crippen LogP contribution in [-0.2, 0) is 9.59 Å². The van der Waals surface area contributed by atoms with Gasteiger partial charge in [0.25, 0.3) is 0 Å². The van der Waals surface area contributed by atoms with Crippen LogP contribution in [0.1, 0.15) is 18.5 Å². The Bertz CT molecular complexity index is 337. The molecule has 0 bridgehead atoms. The first-order chi connectivity index (χ1) is 6.61. The van der Waals surface area contributed by atoms with Gasteiger partial charge in [0.2, 0.25) is 5.91 Å². The van der Waals surface area contributed by atoms with Crippen molar-refractivity contribution in [2.24, 2.45) is 0 Å². The standard InChI is InChI=1S/C9H10N2O3/c1-6(12)11-8(9(13)14)7-3-2-4-10-5-7/h2-5,8H,1H3,(H,11,12)(H,13,14). The zero-order valence-corrected chi connectivity index (χ0v) is 7.60. The van der Waals surface area contributed by atoms with Gasteiger partial charge in [-0.15, -0.1) is 0 Å². The van der Waals surface area contributed by atoms with Crippen LogP contribution in [0.5, 0.6) is 0 Å². The molecular weight excluding hydrogens is 184 g/mol. The number of carbonyl (C=O) groups is 2. The van der Waals surface area contributed by atoms with E-state index in [-0.39, 0.29) is 5.91 Å². The first-order valence-electron chi connectivity index (χ1n) is 4.01. The zero-order valence-electron chi connectivity index (χ0n) is 7.60. The molecule has 1 aromatic rings. The lowest BCUT2D eigenvalue weighted by Crippen LogP contribution is -2.31. The minimum Gasteiger partial charge on any atom is -0.479 e. The maximum Gasteiger partial charge on any atom is 0.330 e. The molecule has 5 nitrogen and oxygen atoms in total. The van der Waals surface area contributed by atoms with Crippen molar-refractivity contribution in [2.45, 2.75) is 13.0 Å². The van der Waals surface area contributed by atoms with E-state index < -0.39 is 12.0 Å². The third-order valence-electron chi connectivity index (χ3n) is 1.61. The SMILES string of the molecule is CC(=O)NC(C(=O)O)c1cccnc1. The van der Waals surface area contributed by atoms with Gasteiger partial charge in [-0.1, -0.05) is 6.07 Å². The van der Waals surface area contributed by atoms with E-state index in [1.807, 2.05) is 0 Å². The van der Waals surface area contributed by atoms with E-state index in [1.54, 1.807) is 12.1 Å². The van der Waals surface area contributed by atoms with E-state index in [1.165, 1.54) is 19.3 Å². The minimum absolute atomic E-state index is 0.388. The smallest absolute Gasteiger partial charge is 0.330 e. The number of carboxylic acids is 1. The number of nitrogens with one attached hydrogen (secondary N) is 1. The summed E-state index contributed by atoms with van der Waals surface area (Å²) in [6, 6.07) is 2.19. The third kappa shape index (κ3) is 2.55. The fourth-order valence-electron chi connectivity index (χ4n) is 1.04. The number of hydrogen-bond donors (Lipinski definition) is 2. The third-order valence-corrected chi connectivity index (χ3v) is 1.61. The van der Waals surface area contributed by atoms with Gasteiger partial charge < -0.3 is 10.4 Å². The van der Waals surface area contributed by atoms with E-state index in [4.69, 9.17) is 5.11 Å². The highest BCUT2D eigenvalue weighted by Gasteiger charge is 2.20. The van der Waals surface area contributed by atoms with Crippen molar-refractivity contribution in [3.63, 3.8) is 0 Å². The first kappa shape index (κ1) is 10.2. The van der Waals surface area contributed by atoms with E-state index in [0.717, 1.165) is 0 Å².